The van der Waals surface area contributed by atoms with E-state index >= 15 is 0 Å². The molecular formula is C19H17ISi. The molecule has 0 atom stereocenters. The van der Waals surface area contributed by atoms with Crippen molar-refractivity contribution in [1.82, 2.24) is 0 Å². The van der Waals surface area contributed by atoms with Gasteiger partial charge in [-0.25, -0.2) is 0 Å². The zero-order valence-corrected chi connectivity index (χ0v) is 15.7. The molecule has 0 N–H and O–H groups in total. The smallest absolute Gasteiger partial charge is 0.127 e. The highest BCUT2D eigenvalue weighted by atomic mass is 127. The molecule has 0 radical (unpaired) electrons. The molecule has 0 heterocycles. The number of hydrogen-bond acceptors (Lipinski definition) is 0. The van der Waals surface area contributed by atoms with Crippen molar-refractivity contribution in [3.8, 4) is 11.5 Å². The molecule has 0 aliphatic heterocycles. The van der Waals surface area contributed by atoms with Gasteiger partial charge in [0.2, 0.25) is 0 Å². The Morgan fingerprint density at radius 3 is 2.05 bits per heavy atom. The lowest BCUT2D eigenvalue weighted by atomic mass is 10.0. The van der Waals surface area contributed by atoms with Gasteiger partial charge in [0.1, 0.15) is 8.07 Å². The summed E-state index contributed by atoms with van der Waals surface area (Å²) in [4.78, 5) is 0. The Labute approximate surface area is 140 Å². The van der Waals surface area contributed by atoms with E-state index in [-0.39, 0.29) is 0 Å². The monoisotopic (exact) mass is 400 g/mol. The van der Waals surface area contributed by atoms with Crippen molar-refractivity contribution in [2.24, 2.45) is 0 Å². The summed E-state index contributed by atoms with van der Waals surface area (Å²) < 4.78 is 1.28. The van der Waals surface area contributed by atoms with Crippen LogP contribution in [0.1, 0.15) is 5.56 Å². The van der Waals surface area contributed by atoms with Crippen LogP contribution in [0.15, 0.2) is 48.5 Å². The van der Waals surface area contributed by atoms with Crippen molar-refractivity contribution in [1.29, 1.82) is 0 Å². The van der Waals surface area contributed by atoms with E-state index < -0.39 is 8.07 Å². The first-order chi connectivity index (χ1) is 9.90. The van der Waals surface area contributed by atoms with E-state index in [1.165, 1.54) is 25.1 Å². The number of fused-ring (bicyclic) bond motifs is 2. The maximum Gasteiger partial charge on any atom is 0.129 e. The second-order valence-electron chi connectivity index (χ2n) is 6.41. The molecule has 3 aromatic rings. The largest absolute Gasteiger partial charge is 0.129 e. The Hall–Kier alpha value is -1.31. The number of halogens is 1. The van der Waals surface area contributed by atoms with Crippen molar-refractivity contribution in [2.45, 2.75) is 19.6 Å². The summed E-state index contributed by atoms with van der Waals surface area (Å²) in [5, 5.41) is 5.14. The van der Waals surface area contributed by atoms with Crippen LogP contribution in [-0.2, 0) is 0 Å². The third-order valence-corrected chi connectivity index (χ3v) is 4.89. The molecule has 3 rings (SSSR count). The van der Waals surface area contributed by atoms with Gasteiger partial charge in [0.15, 0.2) is 0 Å². The first-order valence-corrected chi connectivity index (χ1v) is 11.6. The fourth-order valence-electron chi connectivity index (χ4n) is 2.31. The molecule has 0 saturated heterocycles. The van der Waals surface area contributed by atoms with E-state index in [2.05, 4.69) is 102 Å². The maximum absolute atomic E-state index is 3.44. The van der Waals surface area contributed by atoms with Crippen molar-refractivity contribution >= 4 is 52.2 Å². The minimum absolute atomic E-state index is 1.12. The third-order valence-electron chi connectivity index (χ3n) is 3.34. The summed E-state index contributed by atoms with van der Waals surface area (Å²) in [5.41, 5.74) is 4.56. The molecule has 3 aromatic carbocycles. The maximum atomic E-state index is 3.44. The zero-order valence-electron chi connectivity index (χ0n) is 12.5. The molecule has 0 bridgehead atoms. The lowest BCUT2D eigenvalue weighted by Gasteiger charge is -2.05. The van der Waals surface area contributed by atoms with Gasteiger partial charge in [-0.3, -0.25) is 0 Å². The standard InChI is InChI=1S/C19H17ISi/c1-21(2,3)9-8-14-4-5-15-12-18-13-19(20)7-6-16(18)11-17(15)10-14/h4-7,10-13H,1-3H3. The van der Waals surface area contributed by atoms with Crippen LogP contribution in [0.2, 0.25) is 19.6 Å². The predicted molar refractivity (Wildman–Crippen MR) is 104 cm³/mol. The molecule has 0 unspecified atom stereocenters. The second-order valence-corrected chi connectivity index (χ2v) is 12.4. The quantitative estimate of drug-likeness (QED) is 0.193. The Balaban J connectivity index is 2.15. The third kappa shape index (κ3) is 3.48. The van der Waals surface area contributed by atoms with Crippen LogP contribution in [0, 0.1) is 15.0 Å². The zero-order chi connectivity index (χ0) is 15.0. The van der Waals surface area contributed by atoms with E-state index in [0.717, 1.165) is 5.56 Å². The average Bonchev–Trinajstić information content (AvgIpc) is 2.42. The van der Waals surface area contributed by atoms with E-state index in [0.29, 0.717) is 0 Å². The van der Waals surface area contributed by atoms with Gasteiger partial charge in [-0.05, 0) is 80.5 Å². The van der Waals surface area contributed by atoms with E-state index in [1.807, 2.05) is 0 Å². The summed E-state index contributed by atoms with van der Waals surface area (Å²) in [6.45, 7) is 6.82. The fraction of sp³-hybridized carbons (Fsp3) is 0.158. The Morgan fingerprint density at radius 2 is 1.38 bits per heavy atom. The molecule has 0 amide bonds. The number of rotatable bonds is 0. The Morgan fingerprint density at radius 1 is 0.762 bits per heavy atom. The minimum atomic E-state index is -1.32. The lowest BCUT2D eigenvalue weighted by Crippen LogP contribution is -2.16. The van der Waals surface area contributed by atoms with Gasteiger partial charge in [-0.1, -0.05) is 37.7 Å². The molecule has 21 heavy (non-hydrogen) atoms. The first kappa shape index (κ1) is 14.6. The number of benzene rings is 3. The van der Waals surface area contributed by atoms with Crippen molar-refractivity contribution in [3.63, 3.8) is 0 Å². The fourth-order valence-corrected chi connectivity index (χ4v) is 3.34. The first-order valence-electron chi connectivity index (χ1n) is 7.07. The van der Waals surface area contributed by atoms with Crippen LogP contribution >= 0.6 is 22.6 Å². The van der Waals surface area contributed by atoms with Crippen molar-refractivity contribution < 1.29 is 0 Å². The van der Waals surface area contributed by atoms with Crippen LogP contribution in [0.25, 0.3) is 21.5 Å². The van der Waals surface area contributed by atoms with E-state index in [4.69, 9.17) is 0 Å². The predicted octanol–water partition coefficient (Wildman–Crippen LogP) is 5.83. The van der Waals surface area contributed by atoms with Gasteiger partial charge < -0.3 is 0 Å². The molecule has 0 fully saturated rings. The highest BCUT2D eigenvalue weighted by molar-refractivity contribution is 14.1. The van der Waals surface area contributed by atoms with Gasteiger partial charge in [0.05, 0.1) is 0 Å². The van der Waals surface area contributed by atoms with Crippen LogP contribution < -0.4 is 0 Å². The van der Waals surface area contributed by atoms with Gasteiger partial charge >= 0.3 is 0 Å². The molecule has 0 aliphatic rings. The summed E-state index contributed by atoms with van der Waals surface area (Å²) in [7, 11) is -1.32. The number of hydrogen-bond donors (Lipinski definition) is 0. The molecule has 0 nitrogen and oxygen atoms in total. The summed E-state index contributed by atoms with van der Waals surface area (Å²) in [5.74, 6) is 3.34. The van der Waals surface area contributed by atoms with Gasteiger partial charge in [-0.15, -0.1) is 5.54 Å². The molecule has 104 valence electrons. The summed E-state index contributed by atoms with van der Waals surface area (Å²) >= 11 is 2.36. The molecule has 0 aromatic heterocycles. The van der Waals surface area contributed by atoms with Crippen molar-refractivity contribution in [2.75, 3.05) is 0 Å². The Bertz CT molecular complexity index is 892. The Kier molecular flexibility index (Phi) is 3.81. The van der Waals surface area contributed by atoms with E-state index in [9.17, 15) is 0 Å². The van der Waals surface area contributed by atoms with Crippen LogP contribution in [0.5, 0.6) is 0 Å². The average molecular weight is 400 g/mol. The summed E-state index contributed by atoms with van der Waals surface area (Å²) in [6, 6.07) is 17.6. The topological polar surface area (TPSA) is 0 Å². The highest BCUT2D eigenvalue weighted by Crippen LogP contribution is 2.25. The van der Waals surface area contributed by atoms with Crippen LogP contribution in [0.4, 0.5) is 0 Å². The minimum Gasteiger partial charge on any atom is -0.127 e. The van der Waals surface area contributed by atoms with Crippen LogP contribution in [0.3, 0.4) is 0 Å². The van der Waals surface area contributed by atoms with Crippen LogP contribution in [-0.4, -0.2) is 8.07 Å². The van der Waals surface area contributed by atoms with Gasteiger partial charge in [0.25, 0.3) is 0 Å². The molecule has 2 heteroatoms. The van der Waals surface area contributed by atoms with Gasteiger partial charge in [0, 0.05) is 9.13 Å². The molecule has 0 saturated carbocycles. The molecular weight excluding hydrogens is 383 g/mol. The van der Waals surface area contributed by atoms with Gasteiger partial charge in [-0.2, -0.15) is 0 Å². The molecule has 0 aliphatic carbocycles. The SMILES string of the molecule is C[Si](C)(C)C#Cc1ccc2cc3cc(I)ccc3cc2c1. The highest BCUT2D eigenvalue weighted by Gasteiger charge is 2.07. The lowest BCUT2D eigenvalue weighted by molar-refractivity contribution is 1.69. The van der Waals surface area contributed by atoms with E-state index in [1.54, 1.807) is 0 Å². The second kappa shape index (κ2) is 5.47. The normalized spacial score (nSPS) is 11.4. The van der Waals surface area contributed by atoms with Crippen molar-refractivity contribution in [3.05, 3.63) is 57.7 Å². The summed E-state index contributed by atoms with van der Waals surface area (Å²) in [6.07, 6.45) is 0. The molecule has 0 spiro atoms.